The number of hydrogen-bond acceptors (Lipinski definition) is 2. The molecule has 0 saturated carbocycles. The van der Waals surface area contributed by atoms with Crippen molar-refractivity contribution in [1.82, 2.24) is 0 Å². The molecule has 1 nitrogen and oxygen atoms in total. The Morgan fingerprint density at radius 1 is 1.30 bits per heavy atom. The van der Waals surface area contributed by atoms with Crippen molar-refractivity contribution in [2.75, 3.05) is 0 Å². The second kappa shape index (κ2) is 3.33. The minimum atomic E-state index is -0.138. The van der Waals surface area contributed by atoms with Crippen LogP contribution in [0.25, 0.3) is 0 Å². The van der Waals surface area contributed by atoms with Crippen LogP contribution < -0.4 is 0 Å². The van der Waals surface area contributed by atoms with E-state index in [1.165, 1.54) is 0 Å². The van der Waals surface area contributed by atoms with Crippen molar-refractivity contribution in [2.45, 2.75) is 40.2 Å². The molecule has 2 heteroatoms. The molecule has 0 aromatic carbocycles. The fourth-order valence-corrected chi connectivity index (χ4v) is 0.670. The van der Waals surface area contributed by atoms with Crippen LogP contribution >= 0.6 is 12.2 Å². The Hall–Kier alpha value is -0.110. The Labute approximate surface area is 68.8 Å². The molecule has 0 unspecified atom stereocenters. The third-order valence-electron chi connectivity index (χ3n) is 0.878. The molecule has 0 aliphatic rings. The highest BCUT2D eigenvalue weighted by atomic mass is 32.1. The average Bonchev–Trinajstić information content (AvgIpc) is 1.60. The van der Waals surface area contributed by atoms with E-state index in [9.17, 15) is 0 Å². The van der Waals surface area contributed by atoms with Gasteiger partial charge in [-0.15, -0.1) is 0 Å². The standard InChI is InChI=1S/C8H16OS/c1-6(2)7(10)9-8(3,4)5/h6H,1-5H3. The highest BCUT2D eigenvalue weighted by molar-refractivity contribution is 7.80. The molecule has 60 valence electrons. The lowest BCUT2D eigenvalue weighted by molar-refractivity contribution is 0.113. The van der Waals surface area contributed by atoms with Gasteiger partial charge >= 0.3 is 0 Å². The smallest absolute Gasteiger partial charge is 0.163 e. The predicted octanol–water partition coefficient (Wildman–Crippen LogP) is 2.78. The molecule has 0 rings (SSSR count). The predicted molar refractivity (Wildman–Crippen MR) is 48.3 cm³/mol. The number of rotatable bonds is 1. The summed E-state index contributed by atoms with van der Waals surface area (Å²) in [4.78, 5) is 0. The Kier molecular flexibility index (Phi) is 3.29. The van der Waals surface area contributed by atoms with Gasteiger partial charge in [0.15, 0.2) is 5.05 Å². The molecule has 0 heterocycles. The summed E-state index contributed by atoms with van der Waals surface area (Å²) in [5, 5.41) is 0.701. The van der Waals surface area contributed by atoms with E-state index in [2.05, 4.69) is 0 Å². The average molecular weight is 160 g/mol. The molecule has 0 amide bonds. The number of hydrogen-bond donors (Lipinski definition) is 0. The quantitative estimate of drug-likeness (QED) is 0.545. The Morgan fingerprint density at radius 2 is 1.70 bits per heavy atom. The molecular formula is C8H16OS. The summed E-state index contributed by atoms with van der Waals surface area (Å²) < 4.78 is 5.43. The van der Waals surface area contributed by atoms with Crippen molar-refractivity contribution in [3.05, 3.63) is 0 Å². The van der Waals surface area contributed by atoms with E-state index in [4.69, 9.17) is 17.0 Å². The SMILES string of the molecule is CC(C)C(=S)OC(C)(C)C. The first-order valence-corrected chi connectivity index (χ1v) is 3.96. The van der Waals surface area contributed by atoms with Crippen molar-refractivity contribution >= 4 is 17.3 Å². The van der Waals surface area contributed by atoms with Gasteiger partial charge in [0.25, 0.3) is 0 Å². The van der Waals surface area contributed by atoms with Gasteiger partial charge in [0.1, 0.15) is 5.60 Å². The van der Waals surface area contributed by atoms with Gasteiger partial charge in [0.05, 0.1) is 0 Å². The molecule has 0 aliphatic heterocycles. The van der Waals surface area contributed by atoms with Gasteiger partial charge in [-0.1, -0.05) is 13.8 Å². The van der Waals surface area contributed by atoms with E-state index in [-0.39, 0.29) is 5.60 Å². The summed E-state index contributed by atoms with van der Waals surface area (Å²) in [7, 11) is 0. The lowest BCUT2D eigenvalue weighted by atomic mass is 10.2. The first kappa shape index (κ1) is 9.89. The van der Waals surface area contributed by atoms with Crippen molar-refractivity contribution in [3.8, 4) is 0 Å². The fraction of sp³-hybridized carbons (Fsp3) is 0.875. The lowest BCUT2D eigenvalue weighted by Gasteiger charge is -2.23. The minimum Gasteiger partial charge on any atom is -0.481 e. The van der Waals surface area contributed by atoms with E-state index in [1.807, 2.05) is 34.6 Å². The highest BCUT2D eigenvalue weighted by Crippen LogP contribution is 2.11. The van der Waals surface area contributed by atoms with E-state index in [0.29, 0.717) is 11.0 Å². The molecule has 0 aromatic rings. The van der Waals surface area contributed by atoms with Crippen LogP contribution in [0, 0.1) is 5.92 Å². The summed E-state index contributed by atoms with van der Waals surface area (Å²) in [5.41, 5.74) is -0.138. The molecular weight excluding hydrogens is 144 g/mol. The van der Waals surface area contributed by atoms with E-state index in [0.717, 1.165) is 0 Å². The highest BCUT2D eigenvalue weighted by Gasteiger charge is 2.14. The Morgan fingerprint density at radius 3 is 1.80 bits per heavy atom. The van der Waals surface area contributed by atoms with Gasteiger partial charge < -0.3 is 4.74 Å². The summed E-state index contributed by atoms with van der Waals surface area (Å²) in [6.07, 6.45) is 0. The molecule has 10 heavy (non-hydrogen) atoms. The molecule has 0 saturated heterocycles. The summed E-state index contributed by atoms with van der Waals surface area (Å²) in [5.74, 6) is 0.342. The third kappa shape index (κ3) is 4.74. The lowest BCUT2D eigenvalue weighted by Crippen LogP contribution is -2.25. The largest absolute Gasteiger partial charge is 0.481 e. The topological polar surface area (TPSA) is 9.23 Å². The Balaban J connectivity index is 3.81. The Bertz CT molecular complexity index is 122. The molecule has 0 aromatic heterocycles. The maximum atomic E-state index is 5.43. The van der Waals surface area contributed by atoms with Crippen molar-refractivity contribution in [3.63, 3.8) is 0 Å². The van der Waals surface area contributed by atoms with Gasteiger partial charge in [0.2, 0.25) is 0 Å². The van der Waals surface area contributed by atoms with E-state index >= 15 is 0 Å². The molecule has 0 atom stereocenters. The van der Waals surface area contributed by atoms with Crippen molar-refractivity contribution in [2.24, 2.45) is 5.92 Å². The van der Waals surface area contributed by atoms with Crippen LogP contribution in [0.3, 0.4) is 0 Å². The van der Waals surface area contributed by atoms with Gasteiger partial charge in [-0.25, -0.2) is 0 Å². The summed E-state index contributed by atoms with van der Waals surface area (Å²) in [6, 6.07) is 0. The minimum absolute atomic E-state index is 0.138. The molecule has 0 radical (unpaired) electrons. The fourth-order valence-electron chi connectivity index (χ4n) is 0.420. The van der Waals surface area contributed by atoms with E-state index in [1.54, 1.807) is 0 Å². The maximum Gasteiger partial charge on any atom is 0.163 e. The van der Waals surface area contributed by atoms with Gasteiger partial charge in [-0.3, -0.25) is 0 Å². The van der Waals surface area contributed by atoms with Crippen LogP contribution in [-0.2, 0) is 4.74 Å². The van der Waals surface area contributed by atoms with Crippen LogP contribution in [0.5, 0.6) is 0 Å². The van der Waals surface area contributed by atoms with Gasteiger partial charge in [-0.05, 0) is 33.0 Å². The van der Waals surface area contributed by atoms with Crippen LogP contribution in [0.1, 0.15) is 34.6 Å². The number of thiocarbonyl (C=S) groups is 1. The molecule has 0 fully saturated rings. The van der Waals surface area contributed by atoms with Gasteiger partial charge in [0, 0.05) is 5.92 Å². The zero-order chi connectivity index (χ0) is 8.36. The molecule has 0 N–H and O–H groups in total. The van der Waals surface area contributed by atoms with Crippen LogP contribution in [0.2, 0.25) is 0 Å². The third-order valence-corrected chi connectivity index (χ3v) is 1.43. The second-order valence-corrected chi connectivity index (χ2v) is 4.09. The van der Waals surface area contributed by atoms with Crippen molar-refractivity contribution in [1.29, 1.82) is 0 Å². The summed E-state index contributed by atoms with van der Waals surface area (Å²) >= 11 is 5.00. The second-order valence-electron chi connectivity index (χ2n) is 3.69. The zero-order valence-electron chi connectivity index (χ0n) is 7.39. The zero-order valence-corrected chi connectivity index (χ0v) is 8.21. The maximum absolute atomic E-state index is 5.43. The van der Waals surface area contributed by atoms with Crippen LogP contribution in [0.15, 0.2) is 0 Å². The first-order chi connectivity index (χ1) is 4.33. The number of ether oxygens (including phenoxy) is 1. The molecule has 0 spiro atoms. The normalized spacial score (nSPS) is 11.8. The van der Waals surface area contributed by atoms with Crippen molar-refractivity contribution < 1.29 is 4.74 Å². The summed E-state index contributed by atoms with van der Waals surface area (Å²) in [6.45, 7) is 10.1. The van der Waals surface area contributed by atoms with Crippen LogP contribution in [0.4, 0.5) is 0 Å². The van der Waals surface area contributed by atoms with E-state index < -0.39 is 0 Å². The molecule has 0 aliphatic carbocycles. The monoisotopic (exact) mass is 160 g/mol. The van der Waals surface area contributed by atoms with Gasteiger partial charge in [-0.2, -0.15) is 0 Å². The first-order valence-electron chi connectivity index (χ1n) is 3.56. The molecule has 0 bridgehead atoms. The van der Waals surface area contributed by atoms with Crippen LogP contribution in [-0.4, -0.2) is 10.7 Å².